The van der Waals surface area contributed by atoms with Crippen LogP contribution in [0.2, 0.25) is 0 Å². The van der Waals surface area contributed by atoms with Crippen LogP contribution in [0.5, 0.6) is 0 Å². The lowest BCUT2D eigenvalue weighted by Crippen LogP contribution is -2.30. The molecule has 1 aromatic carbocycles. The summed E-state index contributed by atoms with van der Waals surface area (Å²) in [6.45, 7) is 0. The molecule has 5 heteroatoms. The van der Waals surface area contributed by atoms with Gasteiger partial charge in [0.05, 0.1) is 6.07 Å². The summed E-state index contributed by atoms with van der Waals surface area (Å²) < 4.78 is 38.5. The Labute approximate surface area is 113 Å². The van der Waals surface area contributed by atoms with Gasteiger partial charge in [-0.1, -0.05) is 31.4 Å². The van der Waals surface area contributed by atoms with Crippen LogP contribution in [0.4, 0.5) is 4.39 Å². The Hall–Kier alpha value is -1.41. The van der Waals surface area contributed by atoms with E-state index >= 15 is 0 Å². The normalized spacial score (nSPS) is 18.7. The summed E-state index contributed by atoms with van der Waals surface area (Å²) in [5.41, 5.74) is 0. The molecular formula is C14H16FNO2S. The Kier molecular flexibility index (Phi) is 4.20. The minimum Gasteiger partial charge on any atom is -0.222 e. The molecule has 0 N–H and O–H groups in total. The maximum absolute atomic E-state index is 13.7. The second kappa shape index (κ2) is 5.70. The van der Waals surface area contributed by atoms with Gasteiger partial charge >= 0.3 is 0 Å². The van der Waals surface area contributed by atoms with E-state index in [0.29, 0.717) is 0 Å². The van der Waals surface area contributed by atoms with Crippen molar-refractivity contribution in [3.8, 4) is 6.07 Å². The van der Waals surface area contributed by atoms with Gasteiger partial charge in [-0.25, -0.2) is 12.8 Å². The summed E-state index contributed by atoms with van der Waals surface area (Å²) in [5.74, 6) is -0.957. The van der Waals surface area contributed by atoms with E-state index in [2.05, 4.69) is 0 Å². The molecule has 1 unspecified atom stereocenters. The van der Waals surface area contributed by atoms with Crippen molar-refractivity contribution < 1.29 is 12.8 Å². The highest BCUT2D eigenvalue weighted by atomic mass is 32.2. The summed E-state index contributed by atoms with van der Waals surface area (Å²) in [5, 5.41) is 8.08. The fraction of sp³-hybridized carbons (Fsp3) is 0.500. The fourth-order valence-electron chi connectivity index (χ4n) is 2.68. The average molecular weight is 281 g/mol. The quantitative estimate of drug-likeness (QED) is 0.855. The van der Waals surface area contributed by atoms with E-state index in [9.17, 15) is 18.1 Å². The molecule has 102 valence electrons. The number of nitriles is 1. The van der Waals surface area contributed by atoms with Crippen LogP contribution >= 0.6 is 0 Å². The van der Waals surface area contributed by atoms with Crippen molar-refractivity contribution in [2.45, 2.75) is 42.2 Å². The van der Waals surface area contributed by atoms with Gasteiger partial charge in [-0.05, 0) is 30.9 Å². The van der Waals surface area contributed by atoms with Crippen LogP contribution in [0, 0.1) is 23.1 Å². The van der Waals surface area contributed by atoms with Gasteiger partial charge in [0, 0.05) is 0 Å². The topological polar surface area (TPSA) is 57.9 Å². The zero-order chi connectivity index (χ0) is 13.9. The van der Waals surface area contributed by atoms with Gasteiger partial charge in [-0.2, -0.15) is 5.26 Å². The van der Waals surface area contributed by atoms with E-state index in [1.807, 2.05) is 6.07 Å². The Bertz CT molecular complexity index is 586. The molecule has 1 aromatic rings. The van der Waals surface area contributed by atoms with Crippen molar-refractivity contribution in [2.75, 3.05) is 0 Å². The monoisotopic (exact) mass is 281 g/mol. The van der Waals surface area contributed by atoms with Gasteiger partial charge < -0.3 is 0 Å². The van der Waals surface area contributed by atoms with Gasteiger partial charge in [0.15, 0.2) is 15.1 Å². The van der Waals surface area contributed by atoms with Crippen LogP contribution < -0.4 is 0 Å². The van der Waals surface area contributed by atoms with E-state index < -0.39 is 20.9 Å². The number of benzene rings is 1. The van der Waals surface area contributed by atoms with Gasteiger partial charge in [0.25, 0.3) is 0 Å². The molecule has 2 rings (SSSR count). The molecule has 1 fully saturated rings. The highest BCUT2D eigenvalue weighted by Crippen LogP contribution is 2.32. The minimum atomic E-state index is -3.92. The Morgan fingerprint density at radius 2 is 1.84 bits per heavy atom. The van der Waals surface area contributed by atoms with Gasteiger partial charge in [-0.15, -0.1) is 0 Å². The Morgan fingerprint density at radius 1 is 1.21 bits per heavy atom. The number of hydrogen-bond donors (Lipinski definition) is 0. The minimum absolute atomic E-state index is 0.177. The van der Waals surface area contributed by atoms with Crippen molar-refractivity contribution in [3.05, 3.63) is 30.1 Å². The van der Waals surface area contributed by atoms with Crippen molar-refractivity contribution in [3.63, 3.8) is 0 Å². The number of halogens is 1. The van der Waals surface area contributed by atoms with Crippen LogP contribution in [0.15, 0.2) is 29.2 Å². The lowest BCUT2D eigenvalue weighted by molar-refractivity contribution is 0.362. The second-order valence-corrected chi connectivity index (χ2v) is 6.96. The number of rotatable bonds is 3. The maximum atomic E-state index is 13.7. The maximum Gasteiger partial charge on any atom is 0.197 e. The summed E-state index contributed by atoms with van der Waals surface area (Å²) in [6, 6.07) is 7.15. The summed E-state index contributed by atoms with van der Waals surface area (Å²) in [7, 11) is -3.92. The number of sulfone groups is 1. The average Bonchev–Trinajstić information content (AvgIpc) is 2.40. The van der Waals surface area contributed by atoms with Gasteiger partial charge in [-0.3, -0.25) is 0 Å². The first kappa shape index (κ1) is 14.0. The molecule has 0 amide bonds. The Balaban J connectivity index is 2.37. The first-order valence-electron chi connectivity index (χ1n) is 6.45. The summed E-state index contributed by atoms with van der Waals surface area (Å²) in [4.78, 5) is -0.355. The van der Waals surface area contributed by atoms with Crippen molar-refractivity contribution in [1.29, 1.82) is 5.26 Å². The number of nitrogens with zero attached hydrogens (tertiary/aromatic N) is 1. The molecule has 1 saturated carbocycles. The zero-order valence-electron chi connectivity index (χ0n) is 10.5. The van der Waals surface area contributed by atoms with Crippen molar-refractivity contribution in [2.24, 2.45) is 5.92 Å². The zero-order valence-corrected chi connectivity index (χ0v) is 11.4. The molecule has 3 nitrogen and oxygen atoms in total. The molecule has 0 radical (unpaired) electrons. The largest absolute Gasteiger partial charge is 0.222 e. The lowest BCUT2D eigenvalue weighted by atomic mass is 9.87. The smallest absolute Gasteiger partial charge is 0.197 e. The molecule has 0 heterocycles. The van der Waals surface area contributed by atoms with Crippen LogP contribution in [0.1, 0.15) is 32.1 Å². The molecule has 0 saturated heterocycles. The molecule has 1 aliphatic carbocycles. The third kappa shape index (κ3) is 2.79. The first-order chi connectivity index (χ1) is 9.07. The predicted molar refractivity (Wildman–Crippen MR) is 69.6 cm³/mol. The molecule has 19 heavy (non-hydrogen) atoms. The van der Waals surface area contributed by atoms with Crippen molar-refractivity contribution in [1.82, 2.24) is 0 Å². The van der Waals surface area contributed by atoms with Crippen LogP contribution in [0.3, 0.4) is 0 Å². The van der Waals surface area contributed by atoms with E-state index in [1.165, 1.54) is 18.2 Å². The lowest BCUT2D eigenvalue weighted by Gasteiger charge is -2.25. The Morgan fingerprint density at radius 3 is 2.42 bits per heavy atom. The molecule has 0 aliphatic heterocycles. The molecule has 0 spiro atoms. The molecule has 0 bridgehead atoms. The van der Waals surface area contributed by atoms with E-state index in [4.69, 9.17) is 0 Å². The SMILES string of the molecule is N#CC(C1CCCCC1)S(=O)(=O)c1ccccc1F. The van der Waals surface area contributed by atoms with E-state index in [0.717, 1.165) is 38.2 Å². The third-order valence-electron chi connectivity index (χ3n) is 3.68. The molecule has 1 atom stereocenters. The predicted octanol–water partition coefficient (Wildman–Crippen LogP) is 3.07. The van der Waals surface area contributed by atoms with Crippen LogP contribution in [0.25, 0.3) is 0 Å². The summed E-state index contributed by atoms with van der Waals surface area (Å²) >= 11 is 0. The second-order valence-electron chi connectivity index (χ2n) is 4.92. The van der Waals surface area contributed by atoms with Crippen molar-refractivity contribution >= 4 is 9.84 Å². The molecule has 1 aliphatic rings. The summed E-state index contributed by atoms with van der Waals surface area (Å²) in [6.07, 6.45) is 4.41. The highest BCUT2D eigenvalue weighted by Gasteiger charge is 2.36. The standard InChI is InChI=1S/C14H16FNO2S/c15-12-8-4-5-9-13(12)19(17,18)14(10-16)11-6-2-1-3-7-11/h4-5,8-9,11,14H,1-3,6-7H2. The molecular weight excluding hydrogens is 265 g/mol. The van der Waals surface area contributed by atoms with E-state index in [-0.39, 0.29) is 10.8 Å². The highest BCUT2D eigenvalue weighted by molar-refractivity contribution is 7.92. The van der Waals surface area contributed by atoms with E-state index in [1.54, 1.807) is 0 Å². The fourth-order valence-corrected chi connectivity index (χ4v) is 4.48. The van der Waals surface area contributed by atoms with Crippen LogP contribution in [-0.4, -0.2) is 13.7 Å². The third-order valence-corrected chi connectivity index (χ3v) is 5.79. The molecule has 0 aromatic heterocycles. The van der Waals surface area contributed by atoms with Gasteiger partial charge in [0.2, 0.25) is 0 Å². The number of hydrogen-bond acceptors (Lipinski definition) is 3. The first-order valence-corrected chi connectivity index (χ1v) is 8.00. The van der Waals surface area contributed by atoms with Gasteiger partial charge in [0.1, 0.15) is 10.7 Å². The van der Waals surface area contributed by atoms with Crippen LogP contribution in [-0.2, 0) is 9.84 Å².